The fourth-order valence-electron chi connectivity index (χ4n) is 4.39. The van der Waals surface area contributed by atoms with Crippen LogP contribution in [0.15, 0.2) is 21.7 Å². The Morgan fingerprint density at radius 2 is 2.05 bits per heavy atom. The predicted molar refractivity (Wildman–Crippen MR) is 152 cm³/mol. The number of carboxylic acids is 1. The molecule has 1 saturated heterocycles. The fourth-order valence-corrected chi connectivity index (χ4v) is 5.86. The third-order valence-corrected chi connectivity index (χ3v) is 8.59. The number of nitrogens with zero attached hydrogens (tertiary/aromatic N) is 7. The van der Waals surface area contributed by atoms with E-state index in [1.54, 1.807) is 6.92 Å². The lowest BCUT2D eigenvalue weighted by Crippen LogP contribution is -2.64. The van der Waals surface area contributed by atoms with Gasteiger partial charge in [-0.05, 0) is 26.3 Å². The van der Waals surface area contributed by atoms with Crippen molar-refractivity contribution in [2.45, 2.75) is 69.7 Å². The normalized spacial score (nSPS) is 20.9. The van der Waals surface area contributed by atoms with Crippen LogP contribution in [0.2, 0.25) is 0 Å². The van der Waals surface area contributed by atoms with Gasteiger partial charge in [-0.3, -0.25) is 19.1 Å². The van der Waals surface area contributed by atoms with Gasteiger partial charge < -0.3 is 27.1 Å². The average Bonchev–Trinajstić information content (AvgIpc) is 3.36. The molecule has 1 saturated carbocycles. The maximum atomic E-state index is 13.4. The summed E-state index contributed by atoms with van der Waals surface area (Å²) in [5.74, 6) is -3.88. The van der Waals surface area contributed by atoms with Crippen LogP contribution in [-0.2, 0) is 36.1 Å². The number of aliphatic carboxylic acids is 1. The van der Waals surface area contributed by atoms with Crippen molar-refractivity contribution in [2.75, 3.05) is 12.3 Å². The highest BCUT2D eigenvalue weighted by molar-refractivity contribution is 7.84. The Labute approximate surface area is 249 Å². The van der Waals surface area contributed by atoms with Gasteiger partial charge in [-0.15, -0.1) is 11.3 Å². The van der Waals surface area contributed by atoms with E-state index in [0.29, 0.717) is 24.5 Å². The number of carboxylic acid groups (broad SMARTS) is 1. The van der Waals surface area contributed by atoms with Crippen molar-refractivity contribution >= 4 is 56.0 Å². The molecule has 43 heavy (non-hydrogen) atoms. The van der Waals surface area contributed by atoms with Crippen molar-refractivity contribution in [3.63, 3.8) is 0 Å². The quantitative estimate of drug-likeness (QED) is 0.0386. The minimum atomic E-state index is -4.98. The van der Waals surface area contributed by atoms with Crippen LogP contribution in [0, 0.1) is 5.92 Å². The molecule has 1 aliphatic heterocycles. The number of thiazole rings is 1. The Kier molecular flexibility index (Phi) is 9.42. The summed E-state index contributed by atoms with van der Waals surface area (Å²) in [5, 5.41) is 23.1. The molecule has 1 unspecified atom stereocenters. The monoisotopic (exact) mass is 640 g/mol. The van der Waals surface area contributed by atoms with Crippen LogP contribution in [0.4, 0.5) is 5.13 Å². The number of ketones is 1. The van der Waals surface area contributed by atoms with E-state index < -0.39 is 58.0 Å². The van der Waals surface area contributed by atoms with Crippen molar-refractivity contribution in [1.29, 1.82) is 0 Å². The number of unbranched alkanes of at least 4 members (excludes halogenated alkanes) is 1. The summed E-state index contributed by atoms with van der Waals surface area (Å²) in [4.78, 5) is 52.4. The minimum Gasteiger partial charge on any atom is -0.478 e. The first kappa shape index (κ1) is 31.9. The number of nitrogen functional groups attached to an aromatic ring is 1. The highest BCUT2D eigenvalue weighted by atomic mass is 32.2. The summed E-state index contributed by atoms with van der Waals surface area (Å²) in [6, 6.07) is -1.71. The number of carbonyl (C=O) groups excluding carboxylic acids is 2. The first-order chi connectivity index (χ1) is 20.3. The van der Waals surface area contributed by atoms with Gasteiger partial charge in [0.2, 0.25) is 11.5 Å². The topological polar surface area (TPSA) is 285 Å². The second-order valence-electron chi connectivity index (χ2n) is 10.2. The third-order valence-electron chi connectivity index (χ3n) is 6.97. The molecule has 3 atom stereocenters. The van der Waals surface area contributed by atoms with Crippen molar-refractivity contribution in [2.24, 2.45) is 27.5 Å². The largest absolute Gasteiger partial charge is 0.478 e. The number of aromatic nitrogens is 4. The number of β-lactam (4-membered cyclic amide) rings is 1. The number of carbonyl (C=O) groups is 3. The maximum absolute atomic E-state index is 13.4. The molecule has 1 amide bonds. The zero-order valence-corrected chi connectivity index (χ0v) is 24.7. The number of amidine groups is 1. The van der Waals surface area contributed by atoms with Gasteiger partial charge in [0.15, 0.2) is 16.6 Å². The number of hydrogen-bond donors (Lipinski definition) is 5. The molecule has 2 aromatic rings. The van der Waals surface area contributed by atoms with E-state index in [0.717, 1.165) is 29.0 Å². The number of oxime groups is 1. The smallest absolute Gasteiger partial charge is 0.362 e. The summed E-state index contributed by atoms with van der Waals surface area (Å²) in [6.45, 7) is 1.99. The van der Waals surface area contributed by atoms with E-state index in [1.165, 1.54) is 11.6 Å². The van der Waals surface area contributed by atoms with Gasteiger partial charge in [-0.2, -0.15) is 23.4 Å². The molecule has 20 heteroatoms. The molecule has 234 valence electrons. The molecule has 0 radical (unpaired) electrons. The molecular weight excluding hydrogens is 608 g/mol. The van der Waals surface area contributed by atoms with Crippen LogP contribution in [0.1, 0.15) is 62.9 Å². The average molecular weight is 641 g/mol. The van der Waals surface area contributed by atoms with E-state index >= 15 is 0 Å². The highest BCUT2D eigenvalue weighted by Crippen LogP contribution is 2.40. The number of amides is 1. The van der Waals surface area contributed by atoms with Crippen molar-refractivity contribution in [3.8, 4) is 0 Å². The lowest BCUT2D eigenvalue weighted by molar-refractivity contribution is -0.153. The van der Waals surface area contributed by atoms with E-state index in [2.05, 4.69) is 25.3 Å². The van der Waals surface area contributed by atoms with Crippen LogP contribution in [0.25, 0.3) is 0 Å². The number of aliphatic imine (C=N–C) groups is 1. The second kappa shape index (κ2) is 12.7. The number of hydrogen-bond acceptors (Lipinski definition) is 14. The summed E-state index contributed by atoms with van der Waals surface area (Å²) in [7, 11) is -4.98. The van der Waals surface area contributed by atoms with Gasteiger partial charge in [0.25, 0.3) is 0 Å². The molecule has 18 nitrogen and oxygen atoms in total. The lowest BCUT2D eigenvalue weighted by atomic mass is 9.84. The number of rotatable bonds is 16. The Bertz CT molecular complexity index is 1550. The second-order valence-corrected chi connectivity index (χ2v) is 12.4. The zero-order chi connectivity index (χ0) is 31.5. The molecule has 0 aromatic carbocycles. The summed E-state index contributed by atoms with van der Waals surface area (Å²) >= 11 is 0.996. The van der Waals surface area contributed by atoms with Crippen LogP contribution in [0.5, 0.6) is 0 Å². The van der Waals surface area contributed by atoms with Gasteiger partial charge in [-0.1, -0.05) is 5.16 Å². The third kappa shape index (κ3) is 7.32. The molecular formula is C23H32N10O8S2. The zero-order valence-electron chi connectivity index (χ0n) is 23.1. The SMILES string of the molecule is CC(N=C(N)CCCCN)c1cnn(C[C@@H]2[C@H](CC(=O)/C(=N\OC3(C(=O)O)CC3)c3csc(N)n3)C(=O)N2S(=O)(=O)O)n1. The van der Waals surface area contributed by atoms with E-state index in [1.807, 2.05) is 0 Å². The summed E-state index contributed by atoms with van der Waals surface area (Å²) in [6.07, 6.45) is 3.34. The molecule has 2 aliphatic rings. The van der Waals surface area contributed by atoms with Crippen molar-refractivity contribution < 1.29 is 37.3 Å². The fraction of sp³-hybridized carbons (Fsp3) is 0.565. The van der Waals surface area contributed by atoms with Gasteiger partial charge in [-0.25, -0.2) is 14.1 Å². The standard InChI is InChI=1S/C23H32N10O8S2/c1-12(28-18(25)4-2-3-7-24)14-9-27-32(30-14)10-16-13(20(35)33(16)43(38,39)40)8-17(34)19(15-11-42-22(26)29-15)31-41-23(5-6-23)21(36)37/h9,11-13,16H,2-8,10,24H2,1H3,(H2,25,28)(H2,26,29)(H,36,37)(H,38,39,40)/b31-19-/t12?,13-,16+/m0/s1. The van der Waals surface area contributed by atoms with Gasteiger partial charge >= 0.3 is 16.3 Å². The van der Waals surface area contributed by atoms with Gasteiger partial charge in [0.05, 0.1) is 36.6 Å². The van der Waals surface area contributed by atoms with Crippen molar-refractivity contribution in [1.82, 2.24) is 24.3 Å². The molecule has 3 heterocycles. The molecule has 2 aromatic heterocycles. The molecule has 0 bridgehead atoms. The highest BCUT2D eigenvalue weighted by Gasteiger charge is 2.56. The van der Waals surface area contributed by atoms with Crippen LogP contribution >= 0.6 is 11.3 Å². The number of nitrogens with two attached hydrogens (primary N) is 3. The van der Waals surface area contributed by atoms with Gasteiger partial charge in [0.1, 0.15) is 11.4 Å². The van der Waals surface area contributed by atoms with E-state index in [4.69, 9.17) is 22.0 Å². The summed E-state index contributed by atoms with van der Waals surface area (Å²) < 4.78 is 34.0. The molecule has 2 fully saturated rings. The van der Waals surface area contributed by atoms with Gasteiger partial charge in [0, 0.05) is 31.1 Å². The van der Waals surface area contributed by atoms with Crippen LogP contribution < -0.4 is 17.2 Å². The predicted octanol–water partition coefficient (Wildman–Crippen LogP) is -0.509. The number of Topliss-reactive ketones (excluding diaryl/α,β-unsaturated/α-hetero) is 1. The molecule has 1 aliphatic carbocycles. The first-order valence-electron chi connectivity index (χ1n) is 13.2. The minimum absolute atomic E-state index is 0.00104. The lowest BCUT2D eigenvalue weighted by Gasteiger charge is -2.43. The molecule has 4 rings (SSSR count). The number of anilines is 1. The van der Waals surface area contributed by atoms with E-state index in [9.17, 15) is 32.5 Å². The van der Waals surface area contributed by atoms with E-state index in [-0.39, 0.29) is 40.2 Å². The van der Waals surface area contributed by atoms with Crippen LogP contribution in [0.3, 0.4) is 0 Å². The first-order valence-corrected chi connectivity index (χ1v) is 15.5. The Balaban J connectivity index is 1.52. The summed E-state index contributed by atoms with van der Waals surface area (Å²) in [5.41, 5.74) is 15.6. The Hall–Kier alpha value is -4.01. The van der Waals surface area contributed by atoms with Crippen LogP contribution in [-0.4, -0.2) is 89.8 Å². The molecule has 8 N–H and O–H groups in total. The maximum Gasteiger partial charge on any atom is 0.362 e. The van der Waals surface area contributed by atoms with Crippen molar-refractivity contribution in [3.05, 3.63) is 23.0 Å². The Morgan fingerprint density at radius 1 is 1.33 bits per heavy atom. The Morgan fingerprint density at radius 3 is 2.63 bits per heavy atom. The molecule has 0 spiro atoms.